The van der Waals surface area contributed by atoms with Crippen molar-refractivity contribution in [2.75, 3.05) is 18.0 Å². The molecular weight excluding hydrogens is 310 g/mol. The van der Waals surface area contributed by atoms with Gasteiger partial charge in [-0.05, 0) is 42.3 Å². The maximum atomic E-state index is 13.0. The first-order valence-electron chi connectivity index (χ1n) is 7.40. The second kappa shape index (κ2) is 7.33. The van der Waals surface area contributed by atoms with Crippen molar-refractivity contribution in [1.82, 2.24) is 0 Å². The molecule has 5 heteroatoms. The maximum Gasteiger partial charge on any atom is 0.264 e. The van der Waals surface area contributed by atoms with Gasteiger partial charge in [0.1, 0.15) is 5.75 Å². The van der Waals surface area contributed by atoms with Gasteiger partial charge in [-0.25, -0.2) is 8.42 Å². The largest absolute Gasteiger partial charge is 0.497 e. The van der Waals surface area contributed by atoms with Gasteiger partial charge < -0.3 is 4.74 Å². The molecule has 0 aliphatic heterocycles. The summed E-state index contributed by atoms with van der Waals surface area (Å²) >= 11 is 0. The van der Waals surface area contributed by atoms with Crippen LogP contribution in [0.5, 0.6) is 5.75 Å². The van der Waals surface area contributed by atoms with Gasteiger partial charge in [-0.3, -0.25) is 4.31 Å². The third-order valence-electron chi connectivity index (χ3n) is 3.58. The van der Waals surface area contributed by atoms with Crippen molar-refractivity contribution in [3.05, 3.63) is 66.7 Å². The number of methoxy groups -OCH3 is 1. The third kappa shape index (κ3) is 3.56. The van der Waals surface area contributed by atoms with E-state index in [-0.39, 0.29) is 11.4 Å². The summed E-state index contributed by atoms with van der Waals surface area (Å²) in [4.78, 5) is 0.228. The summed E-state index contributed by atoms with van der Waals surface area (Å²) < 4.78 is 32.5. The Kier molecular flexibility index (Phi) is 5.45. The molecule has 0 radical (unpaired) electrons. The molecule has 4 nitrogen and oxygen atoms in total. The molecule has 0 fully saturated rings. The molecule has 2 aromatic rings. The van der Waals surface area contributed by atoms with E-state index < -0.39 is 10.0 Å². The van der Waals surface area contributed by atoms with Gasteiger partial charge in [-0.1, -0.05) is 31.2 Å². The molecular formula is C18H21NO3S. The molecule has 122 valence electrons. The van der Waals surface area contributed by atoms with E-state index in [0.29, 0.717) is 11.4 Å². The molecule has 0 amide bonds. The van der Waals surface area contributed by atoms with Gasteiger partial charge in [-0.2, -0.15) is 0 Å². The second-order valence-corrected chi connectivity index (χ2v) is 6.84. The molecule has 0 aromatic heterocycles. The Labute approximate surface area is 138 Å². The highest BCUT2D eigenvalue weighted by Gasteiger charge is 2.25. The molecule has 0 N–H and O–H groups in total. The van der Waals surface area contributed by atoms with Gasteiger partial charge >= 0.3 is 0 Å². The Bertz CT molecular complexity index is 767. The molecule has 0 saturated heterocycles. The van der Waals surface area contributed by atoms with E-state index in [1.54, 1.807) is 37.5 Å². The van der Waals surface area contributed by atoms with Crippen molar-refractivity contribution in [2.24, 2.45) is 0 Å². The fourth-order valence-corrected chi connectivity index (χ4v) is 3.84. The van der Waals surface area contributed by atoms with Crippen LogP contribution in [0.4, 0.5) is 5.69 Å². The summed E-state index contributed by atoms with van der Waals surface area (Å²) in [5, 5.41) is 0. The van der Waals surface area contributed by atoms with E-state index in [9.17, 15) is 8.42 Å². The number of hydrogen-bond acceptors (Lipinski definition) is 3. The molecule has 0 bridgehead atoms. The SMILES string of the molecule is C=CCN(c1ccccc1CC)S(=O)(=O)c1ccc(OC)cc1. The number of sulfonamides is 1. The smallest absolute Gasteiger partial charge is 0.264 e. The van der Waals surface area contributed by atoms with Crippen molar-refractivity contribution >= 4 is 15.7 Å². The minimum atomic E-state index is -3.67. The fraction of sp³-hybridized carbons (Fsp3) is 0.222. The van der Waals surface area contributed by atoms with Gasteiger partial charge in [0.05, 0.1) is 24.2 Å². The molecule has 0 aliphatic rings. The van der Waals surface area contributed by atoms with E-state index in [1.165, 1.54) is 4.31 Å². The number of rotatable bonds is 7. The normalized spacial score (nSPS) is 11.0. The maximum absolute atomic E-state index is 13.0. The molecule has 2 rings (SSSR count). The standard InChI is InChI=1S/C18H21NO3S/c1-4-14-19(18-9-7-6-8-15(18)5-2)23(20,21)17-12-10-16(22-3)11-13-17/h4,6-13H,1,5,14H2,2-3H3. The Morgan fingerprint density at radius 3 is 2.35 bits per heavy atom. The summed E-state index contributed by atoms with van der Waals surface area (Å²) in [6, 6.07) is 13.9. The number of ether oxygens (including phenoxy) is 1. The fourth-order valence-electron chi connectivity index (χ4n) is 2.37. The summed E-state index contributed by atoms with van der Waals surface area (Å²) in [5.41, 5.74) is 1.66. The molecule has 0 atom stereocenters. The minimum Gasteiger partial charge on any atom is -0.497 e. The number of benzene rings is 2. The van der Waals surface area contributed by atoms with Crippen molar-refractivity contribution in [3.8, 4) is 5.75 Å². The molecule has 0 spiro atoms. The summed E-state index contributed by atoms with van der Waals surface area (Å²) in [6.07, 6.45) is 2.34. The van der Waals surface area contributed by atoms with Gasteiger partial charge in [0.2, 0.25) is 0 Å². The van der Waals surface area contributed by atoms with Crippen molar-refractivity contribution in [1.29, 1.82) is 0 Å². The zero-order valence-corrected chi connectivity index (χ0v) is 14.2. The van der Waals surface area contributed by atoms with E-state index in [1.807, 2.05) is 31.2 Å². The first-order valence-corrected chi connectivity index (χ1v) is 8.84. The third-order valence-corrected chi connectivity index (χ3v) is 5.38. The van der Waals surface area contributed by atoms with Crippen LogP contribution in [-0.2, 0) is 16.4 Å². The Balaban J connectivity index is 2.52. The highest BCUT2D eigenvalue weighted by molar-refractivity contribution is 7.92. The Hall–Kier alpha value is -2.27. The van der Waals surface area contributed by atoms with E-state index >= 15 is 0 Å². The quantitative estimate of drug-likeness (QED) is 0.728. The van der Waals surface area contributed by atoms with Crippen LogP contribution in [0.1, 0.15) is 12.5 Å². The molecule has 0 saturated carbocycles. The van der Waals surface area contributed by atoms with Crippen LogP contribution in [-0.4, -0.2) is 22.1 Å². The molecule has 23 heavy (non-hydrogen) atoms. The van der Waals surface area contributed by atoms with Crippen LogP contribution in [0, 0.1) is 0 Å². The van der Waals surface area contributed by atoms with Crippen LogP contribution < -0.4 is 9.04 Å². The zero-order chi connectivity index (χ0) is 16.9. The topological polar surface area (TPSA) is 46.6 Å². The lowest BCUT2D eigenvalue weighted by atomic mass is 10.1. The number of nitrogens with zero attached hydrogens (tertiary/aromatic N) is 1. The average molecular weight is 331 g/mol. The van der Waals surface area contributed by atoms with Crippen LogP contribution >= 0.6 is 0 Å². The summed E-state index contributed by atoms with van der Waals surface area (Å²) in [5.74, 6) is 0.619. The number of aryl methyl sites for hydroxylation is 1. The second-order valence-electron chi connectivity index (χ2n) is 4.98. The van der Waals surface area contributed by atoms with Gasteiger partial charge in [0.25, 0.3) is 10.0 Å². The van der Waals surface area contributed by atoms with Gasteiger partial charge in [0.15, 0.2) is 0 Å². The minimum absolute atomic E-state index is 0.214. The lowest BCUT2D eigenvalue weighted by Gasteiger charge is -2.25. The van der Waals surface area contributed by atoms with Crippen molar-refractivity contribution in [3.63, 3.8) is 0 Å². The van der Waals surface area contributed by atoms with E-state index in [2.05, 4.69) is 6.58 Å². The summed E-state index contributed by atoms with van der Waals surface area (Å²) in [6.45, 7) is 5.91. The summed E-state index contributed by atoms with van der Waals surface area (Å²) in [7, 11) is -2.12. The van der Waals surface area contributed by atoms with E-state index in [0.717, 1.165) is 12.0 Å². The van der Waals surface area contributed by atoms with Gasteiger partial charge in [-0.15, -0.1) is 6.58 Å². The number of para-hydroxylation sites is 1. The number of hydrogen-bond donors (Lipinski definition) is 0. The van der Waals surface area contributed by atoms with Crippen molar-refractivity contribution < 1.29 is 13.2 Å². The zero-order valence-electron chi connectivity index (χ0n) is 13.4. The predicted octanol–water partition coefficient (Wildman–Crippen LogP) is 3.64. The highest BCUT2D eigenvalue weighted by Crippen LogP contribution is 2.28. The van der Waals surface area contributed by atoms with Crippen LogP contribution in [0.15, 0.2) is 66.1 Å². The lowest BCUT2D eigenvalue weighted by molar-refractivity contribution is 0.414. The van der Waals surface area contributed by atoms with Crippen LogP contribution in [0.25, 0.3) is 0 Å². The Morgan fingerprint density at radius 2 is 1.78 bits per heavy atom. The van der Waals surface area contributed by atoms with E-state index in [4.69, 9.17) is 4.74 Å². The molecule has 0 aliphatic carbocycles. The first-order chi connectivity index (χ1) is 11.0. The van der Waals surface area contributed by atoms with Crippen LogP contribution in [0.2, 0.25) is 0 Å². The monoisotopic (exact) mass is 331 g/mol. The lowest BCUT2D eigenvalue weighted by Crippen LogP contribution is -2.32. The number of anilines is 1. The predicted molar refractivity (Wildman–Crippen MR) is 93.5 cm³/mol. The first kappa shape index (κ1) is 17.1. The average Bonchev–Trinajstić information content (AvgIpc) is 2.59. The molecule has 2 aromatic carbocycles. The molecule has 0 heterocycles. The van der Waals surface area contributed by atoms with Gasteiger partial charge in [0, 0.05) is 0 Å². The highest BCUT2D eigenvalue weighted by atomic mass is 32.2. The van der Waals surface area contributed by atoms with Crippen molar-refractivity contribution in [2.45, 2.75) is 18.2 Å². The Morgan fingerprint density at radius 1 is 1.13 bits per heavy atom. The molecule has 0 unspecified atom stereocenters. The van der Waals surface area contributed by atoms with Crippen LogP contribution in [0.3, 0.4) is 0 Å².